The third-order valence-corrected chi connectivity index (χ3v) is 6.62. The van der Waals surface area contributed by atoms with E-state index in [9.17, 15) is 0 Å². The fourth-order valence-corrected chi connectivity index (χ4v) is 4.97. The first kappa shape index (κ1) is 16.9. The van der Waals surface area contributed by atoms with Crippen molar-refractivity contribution in [1.29, 1.82) is 0 Å². The Morgan fingerprint density at radius 1 is 0.955 bits per heavy atom. The van der Waals surface area contributed by atoms with E-state index in [1.165, 1.54) is 27.9 Å². The monoisotopic (exact) mass is 312 g/mol. The molecule has 0 aliphatic heterocycles. The van der Waals surface area contributed by atoms with Crippen molar-refractivity contribution < 1.29 is 4.57 Å². The van der Waals surface area contributed by atoms with Crippen LogP contribution in [0.4, 0.5) is 0 Å². The Kier molecular flexibility index (Phi) is 4.62. The number of nitrogens with zero attached hydrogens (tertiary/aromatic N) is 1. The van der Waals surface area contributed by atoms with Crippen LogP contribution in [0, 0.1) is 13.8 Å². The SMILES string of the molecule is Cc1cc(C(C)C)ccc1-c1cc(C)c([Si](C)(C)C)c[n+]1C. The Bertz CT molecular complexity index is 694. The minimum atomic E-state index is -1.29. The highest BCUT2D eigenvalue weighted by Crippen LogP contribution is 2.25. The lowest BCUT2D eigenvalue weighted by Crippen LogP contribution is -2.46. The van der Waals surface area contributed by atoms with Gasteiger partial charge in [-0.2, -0.15) is 0 Å². The van der Waals surface area contributed by atoms with Gasteiger partial charge in [0.05, 0.1) is 8.07 Å². The van der Waals surface area contributed by atoms with E-state index in [1.807, 2.05) is 0 Å². The van der Waals surface area contributed by atoms with Crippen LogP contribution in [0.5, 0.6) is 0 Å². The Balaban J connectivity index is 2.57. The molecule has 0 bridgehead atoms. The molecular formula is C20H30NSi+. The highest BCUT2D eigenvalue weighted by molar-refractivity contribution is 6.88. The number of hydrogen-bond acceptors (Lipinski definition) is 0. The summed E-state index contributed by atoms with van der Waals surface area (Å²) in [6, 6.07) is 9.26. The fraction of sp³-hybridized carbons (Fsp3) is 0.450. The molecule has 0 radical (unpaired) electrons. The second kappa shape index (κ2) is 6.00. The molecule has 0 fully saturated rings. The summed E-state index contributed by atoms with van der Waals surface area (Å²) in [7, 11) is 0.883. The Morgan fingerprint density at radius 3 is 2.09 bits per heavy atom. The number of pyridine rings is 1. The van der Waals surface area contributed by atoms with E-state index in [4.69, 9.17) is 0 Å². The first-order chi connectivity index (χ1) is 10.1. The van der Waals surface area contributed by atoms with Gasteiger partial charge >= 0.3 is 0 Å². The van der Waals surface area contributed by atoms with Gasteiger partial charge in [0.2, 0.25) is 5.69 Å². The van der Waals surface area contributed by atoms with Crippen LogP contribution < -0.4 is 9.75 Å². The van der Waals surface area contributed by atoms with Crippen LogP contribution in [-0.4, -0.2) is 8.07 Å². The second-order valence-electron chi connectivity index (χ2n) is 7.85. The summed E-state index contributed by atoms with van der Waals surface area (Å²) in [5.41, 5.74) is 6.87. The van der Waals surface area contributed by atoms with Crippen molar-refractivity contribution in [2.45, 2.75) is 53.3 Å². The maximum Gasteiger partial charge on any atom is 0.212 e. The molecule has 0 saturated heterocycles. The minimum Gasteiger partial charge on any atom is -0.201 e. The summed E-state index contributed by atoms with van der Waals surface area (Å²) < 4.78 is 2.30. The van der Waals surface area contributed by atoms with Crippen molar-refractivity contribution in [2.24, 2.45) is 7.05 Å². The van der Waals surface area contributed by atoms with Crippen molar-refractivity contribution in [2.75, 3.05) is 0 Å². The molecule has 0 saturated carbocycles. The predicted molar refractivity (Wildman–Crippen MR) is 99.6 cm³/mol. The largest absolute Gasteiger partial charge is 0.212 e. The number of aromatic nitrogens is 1. The third-order valence-electron chi connectivity index (χ3n) is 4.48. The molecule has 2 heteroatoms. The number of benzene rings is 1. The zero-order valence-electron chi connectivity index (χ0n) is 15.4. The maximum absolute atomic E-state index is 2.41. The van der Waals surface area contributed by atoms with Gasteiger partial charge in [-0.15, -0.1) is 0 Å². The molecule has 0 aliphatic carbocycles. The first-order valence-corrected chi connectivity index (χ1v) is 11.7. The molecule has 0 unspecified atom stereocenters. The van der Waals surface area contributed by atoms with Crippen LogP contribution in [0.15, 0.2) is 30.5 Å². The van der Waals surface area contributed by atoms with Crippen LogP contribution in [0.3, 0.4) is 0 Å². The Labute approximate surface area is 137 Å². The van der Waals surface area contributed by atoms with E-state index in [0.29, 0.717) is 5.92 Å². The van der Waals surface area contributed by atoms with Crippen LogP contribution in [0.2, 0.25) is 19.6 Å². The van der Waals surface area contributed by atoms with E-state index in [1.54, 1.807) is 5.19 Å². The lowest BCUT2D eigenvalue weighted by molar-refractivity contribution is -0.659. The summed E-state index contributed by atoms with van der Waals surface area (Å²) in [5, 5.41) is 1.55. The average molecular weight is 313 g/mol. The smallest absolute Gasteiger partial charge is 0.201 e. The third kappa shape index (κ3) is 3.32. The second-order valence-corrected chi connectivity index (χ2v) is 12.9. The number of rotatable bonds is 3. The van der Waals surface area contributed by atoms with Crippen LogP contribution >= 0.6 is 0 Å². The summed E-state index contributed by atoms with van der Waals surface area (Å²) in [4.78, 5) is 0. The zero-order chi connectivity index (χ0) is 16.7. The standard InChI is InChI=1S/C20H30NSi/c1-14(2)17-9-10-18(15(3)11-17)19-12-16(4)20(13-21(19)5)22(6,7)8/h9-14H,1-8H3/q+1. The van der Waals surface area contributed by atoms with Crippen molar-refractivity contribution >= 4 is 13.3 Å². The molecule has 2 rings (SSSR count). The van der Waals surface area contributed by atoms with Gasteiger partial charge < -0.3 is 0 Å². The fourth-order valence-electron chi connectivity index (χ4n) is 3.14. The molecule has 0 atom stereocenters. The normalized spacial score (nSPS) is 12.0. The van der Waals surface area contributed by atoms with Crippen LogP contribution in [0.1, 0.15) is 36.5 Å². The van der Waals surface area contributed by atoms with Crippen LogP contribution in [0.25, 0.3) is 11.3 Å². The molecule has 2 aromatic rings. The number of hydrogen-bond donors (Lipinski definition) is 0. The van der Waals surface area contributed by atoms with E-state index >= 15 is 0 Å². The Hall–Kier alpha value is -1.41. The van der Waals surface area contributed by atoms with Crippen molar-refractivity contribution in [3.05, 3.63) is 47.2 Å². The molecular weight excluding hydrogens is 282 g/mol. The summed E-state index contributed by atoms with van der Waals surface area (Å²) >= 11 is 0. The highest BCUT2D eigenvalue weighted by atomic mass is 28.3. The van der Waals surface area contributed by atoms with Gasteiger partial charge in [0, 0.05) is 16.8 Å². The summed E-state index contributed by atoms with van der Waals surface area (Å²) in [6.45, 7) is 16.2. The minimum absolute atomic E-state index is 0.581. The van der Waals surface area contributed by atoms with E-state index in [0.717, 1.165) is 0 Å². The molecule has 1 nitrogen and oxygen atoms in total. The van der Waals surface area contributed by atoms with E-state index < -0.39 is 8.07 Å². The first-order valence-electron chi connectivity index (χ1n) is 8.23. The van der Waals surface area contributed by atoms with Crippen molar-refractivity contribution in [3.8, 4) is 11.3 Å². The molecule has 0 amide bonds. The van der Waals surface area contributed by atoms with Gasteiger partial charge in [0.1, 0.15) is 7.05 Å². The highest BCUT2D eigenvalue weighted by Gasteiger charge is 2.24. The average Bonchev–Trinajstić information content (AvgIpc) is 2.39. The zero-order valence-corrected chi connectivity index (χ0v) is 16.4. The van der Waals surface area contributed by atoms with Gasteiger partial charge in [-0.1, -0.05) is 45.6 Å². The Morgan fingerprint density at radius 2 is 1.59 bits per heavy atom. The van der Waals surface area contributed by atoms with Crippen molar-refractivity contribution in [3.63, 3.8) is 0 Å². The molecule has 0 N–H and O–H groups in total. The maximum atomic E-state index is 2.41. The van der Waals surface area contributed by atoms with Gasteiger partial charge in [0.25, 0.3) is 0 Å². The topological polar surface area (TPSA) is 3.88 Å². The van der Waals surface area contributed by atoms with Gasteiger partial charge in [-0.25, -0.2) is 4.57 Å². The molecule has 22 heavy (non-hydrogen) atoms. The molecule has 1 aromatic carbocycles. The predicted octanol–water partition coefficient (Wildman–Crippen LogP) is 4.46. The van der Waals surface area contributed by atoms with E-state index in [2.05, 4.69) is 89.4 Å². The molecule has 1 aromatic heterocycles. The van der Waals surface area contributed by atoms with Crippen LogP contribution in [-0.2, 0) is 7.05 Å². The quantitative estimate of drug-likeness (QED) is 0.582. The molecule has 0 aliphatic rings. The summed E-state index contributed by atoms with van der Waals surface area (Å²) in [5.74, 6) is 0.581. The summed E-state index contributed by atoms with van der Waals surface area (Å²) in [6.07, 6.45) is 2.35. The number of aryl methyl sites for hydroxylation is 3. The molecule has 0 spiro atoms. The molecule has 1 heterocycles. The van der Waals surface area contributed by atoms with Crippen molar-refractivity contribution in [1.82, 2.24) is 0 Å². The molecule has 118 valence electrons. The van der Waals surface area contributed by atoms with Gasteiger partial charge in [-0.3, -0.25) is 0 Å². The lowest BCUT2D eigenvalue weighted by Gasteiger charge is -2.18. The van der Waals surface area contributed by atoms with Gasteiger partial charge in [0.15, 0.2) is 6.20 Å². The van der Waals surface area contributed by atoms with Gasteiger partial charge in [-0.05, 0) is 42.5 Å². The van der Waals surface area contributed by atoms with E-state index in [-0.39, 0.29) is 0 Å². The lowest BCUT2D eigenvalue weighted by atomic mass is 9.96.